The van der Waals surface area contributed by atoms with Crippen molar-refractivity contribution >= 4 is 5.97 Å². The summed E-state index contributed by atoms with van der Waals surface area (Å²) < 4.78 is 23.0. The zero-order valence-corrected chi connectivity index (χ0v) is 18.2. The van der Waals surface area contributed by atoms with Crippen LogP contribution in [0.15, 0.2) is 0 Å². The molecule has 0 aromatic rings. The molecule has 1 saturated heterocycles. The molecule has 0 bridgehead atoms. The quantitative estimate of drug-likeness (QED) is 0.340. The number of carbonyl (C=O) groups is 1. The van der Waals surface area contributed by atoms with Crippen molar-refractivity contribution in [3.8, 4) is 0 Å². The summed E-state index contributed by atoms with van der Waals surface area (Å²) in [5.41, 5.74) is 4.47. The average molecular weight is 404 g/mol. The number of methoxy groups -OCH3 is 1. The Kier molecular flexibility index (Phi) is 12.2. The fourth-order valence-corrected chi connectivity index (χ4v) is 3.46. The lowest BCUT2D eigenvalue weighted by molar-refractivity contribution is -0.230. The van der Waals surface area contributed by atoms with Crippen molar-refractivity contribution in [2.45, 2.75) is 102 Å². The summed E-state index contributed by atoms with van der Waals surface area (Å²) in [5.74, 6) is -0.483. The van der Waals surface area contributed by atoms with Gasteiger partial charge in [-0.3, -0.25) is 4.79 Å². The predicted octanol–water partition coefficient (Wildman–Crippen LogP) is 2.57. The molecular formula is C21H41NO6. The summed E-state index contributed by atoms with van der Waals surface area (Å²) in [6.07, 6.45) is 7.58. The number of unbranched alkanes of at least 4 members (excludes halogenated alkanes) is 6. The molecule has 0 aromatic heterocycles. The van der Waals surface area contributed by atoms with Crippen LogP contribution in [0.1, 0.15) is 72.1 Å². The Morgan fingerprint density at radius 3 is 2.36 bits per heavy atom. The van der Waals surface area contributed by atoms with Crippen LogP contribution in [-0.4, -0.2) is 68.0 Å². The van der Waals surface area contributed by atoms with E-state index in [1.807, 2.05) is 0 Å². The number of rotatable bonds is 14. The number of carbonyl (C=O) groups excluding carboxylic acids is 1. The second-order valence-corrected chi connectivity index (χ2v) is 8.30. The van der Waals surface area contributed by atoms with Crippen LogP contribution in [0.3, 0.4) is 0 Å². The molecule has 1 rings (SSSR count). The molecule has 7 nitrogen and oxygen atoms in total. The zero-order chi connectivity index (χ0) is 21.0. The SMILES string of the molecule is CCCCCCCCC[C@@H]1OC[C@@H](OCC(C)(C)O)[C@H](OC)[C@@H]1OC(=O)CN. The van der Waals surface area contributed by atoms with Crippen molar-refractivity contribution in [1.82, 2.24) is 0 Å². The highest BCUT2D eigenvalue weighted by Crippen LogP contribution is 2.27. The molecular weight excluding hydrogens is 362 g/mol. The van der Waals surface area contributed by atoms with Crippen LogP contribution >= 0.6 is 0 Å². The smallest absolute Gasteiger partial charge is 0.320 e. The maximum absolute atomic E-state index is 11.8. The van der Waals surface area contributed by atoms with Crippen molar-refractivity contribution in [1.29, 1.82) is 0 Å². The van der Waals surface area contributed by atoms with Gasteiger partial charge in [0, 0.05) is 7.11 Å². The van der Waals surface area contributed by atoms with Gasteiger partial charge in [0.05, 0.1) is 31.5 Å². The summed E-state index contributed by atoms with van der Waals surface area (Å²) in [4.78, 5) is 11.8. The summed E-state index contributed by atoms with van der Waals surface area (Å²) in [7, 11) is 1.57. The molecule has 0 saturated carbocycles. The molecule has 0 radical (unpaired) electrons. The number of hydrogen-bond acceptors (Lipinski definition) is 7. The monoisotopic (exact) mass is 403 g/mol. The highest BCUT2D eigenvalue weighted by atomic mass is 16.6. The molecule has 1 aliphatic rings. The van der Waals surface area contributed by atoms with Crippen molar-refractivity contribution in [2.75, 3.05) is 26.9 Å². The van der Waals surface area contributed by atoms with E-state index in [-0.39, 0.29) is 19.3 Å². The topological polar surface area (TPSA) is 100 Å². The van der Waals surface area contributed by atoms with E-state index in [0.717, 1.165) is 19.3 Å². The lowest BCUT2D eigenvalue weighted by atomic mass is 9.94. The van der Waals surface area contributed by atoms with Crippen LogP contribution in [0.25, 0.3) is 0 Å². The first-order valence-electron chi connectivity index (χ1n) is 10.7. The van der Waals surface area contributed by atoms with Crippen molar-refractivity contribution < 1.29 is 28.8 Å². The lowest BCUT2D eigenvalue weighted by Gasteiger charge is -2.41. The van der Waals surface area contributed by atoms with Gasteiger partial charge < -0.3 is 29.8 Å². The molecule has 28 heavy (non-hydrogen) atoms. The fourth-order valence-electron chi connectivity index (χ4n) is 3.46. The van der Waals surface area contributed by atoms with E-state index in [9.17, 15) is 9.90 Å². The minimum Gasteiger partial charge on any atom is -0.456 e. The van der Waals surface area contributed by atoms with Crippen molar-refractivity contribution in [3.05, 3.63) is 0 Å². The Bertz CT molecular complexity index is 426. The molecule has 0 unspecified atom stereocenters. The summed E-state index contributed by atoms with van der Waals surface area (Å²) in [5, 5.41) is 9.92. The third-order valence-corrected chi connectivity index (χ3v) is 4.98. The molecule has 4 atom stereocenters. The number of ether oxygens (including phenoxy) is 4. The molecule has 1 aliphatic heterocycles. The maximum atomic E-state index is 11.8. The summed E-state index contributed by atoms with van der Waals surface area (Å²) in [6, 6.07) is 0. The van der Waals surface area contributed by atoms with Gasteiger partial charge in [0.2, 0.25) is 0 Å². The first-order chi connectivity index (χ1) is 13.3. The predicted molar refractivity (Wildman–Crippen MR) is 108 cm³/mol. The van der Waals surface area contributed by atoms with E-state index < -0.39 is 29.9 Å². The fraction of sp³-hybridized carbons (Fsp3) is 0.952. The van der Waals surface area contributed by atoms with Gasteiger partial charge >= 0.3 is 5.97 Å². The average Bonchev–Trinajstić information content (AvgIpc) is 2.65. The van der Waals surface area contributed by atoms with Gasteiger partial charge in [0.15, 0.2) is 6.10 Å². The van der Waals surface area contributed by atoms with E-state index in [0.29, 0.717) is 6.61 Å². The molecule has 0 aromatic carbocycles. The van der Waals surface area contributed by atoms with E-state index in [1.165, 1.54) is 32.1 Å². The molecule has 3 N–H and O–H groups in total. The van der Waals surface area contributed by atoms with E-state index >= 15 is 0 Å². The highest BCUT2D eigenvalue weighted by molar-refractivity contribution is 5.71. The number of hydrogen-bond donors (Lipinski definition) is 2. The molecule has 0 spiro atoms. The van der Waals surface area contributed by atoms with E-state index in [1.54, 1.807) is 21.0 Å². The maximum Gasteiger partial charge on any atom is 0.320 e. The number of nitrogens with two attached hydrogens (primary N) is 1. The normalized spacial score (nSPS) is 25.6. The van der Waals surface area contributed by atoms with Crippen molar-refractivity contribution in [3.63, 3.8) is 0 Å². The van der Waals surface area contributed by atoms with Gasteiger partial charge in [0.25, 0.3) is 0 Å². The number of esters is 1. The molecule has 166 valence electrons. The molecule has 7 heteroatoms. The van der Waals surface area contributed by atoms with Gasteiger partial charge in [-0.05, 0) is 20.3 Å². The third kappa shape index (κ3) is 9.65. The highest BCUT2D eigenvalue weighted by Gasteiger charge is 2.44. The molecule has 0 aliphatic carbocycles. The van der Waals surface area contributed by atoms with E-state index in [4.69, 9.17) is 24.7 Å². The molecule has 0 amide bonds. The van der Waals surface area contributed by atoms with Gasteiger partial charge in [-0.1, -0.05) is 51.9 Å². The Balaban J connectivity index is 2.61. The molecule has 1 heterocycles. The van der Waals surface area contributed by atoms with Crippen LogP contribution in [0.2, 0.25) is 0 Å². The van der Waals surface area contributed by atoms with Crippen LogP contribution in [0.4, 0.5) is 0 Å². The molecule has 1 fully saturated rings. The van der Waals surface area contributed by atoms with Gasteiger partial charge in [-0.15, -0.1) is 0 Å². The Morgan fingerprint density at radius 2 is 1.79 bits per heavy atom. The first-order valence-corrected chi connectivity index (χ1v) is 10.7. The van der Waals surface area contributed by atoms with Crippen molar-refractivity contribution in [2.24, 2.45) is 5.73 Å². The third-order valence-electron chi connectivity index (χ3n) is 4.98. The van der Waals surface area contributed by atoms with Gasteiger partial charge in [-0.25, -0.2) is 0 Å². The minimum absolute atomic E-state index is 0.140. The summed E-state index contributed by atoms with van der Waals surface area (Å²) in [6.45, 7) is 5.86. The van der Waals surface area contributed by atoms with Gasteiger partial charge in [0.1, 0.15) is 12.2 Å². The standard InChI is InChI=1S/C21H41NO6/c1-5-6-7-8-9-10-11-12-16-20(28-18(23)13-22)19(25-4)17(14-26-16)27-15-21(2,3)24/h16-17,19-20,24H,5-15,22H2,1-4H3/t16-,17+,19-,20+/m0/s1. The number of aliphatic hydroxyl groups is 1. The second kappa shape index (κ2) is 13.5. The van der Waals surface area contributed by atoms with Crippen LogP contribution in [0, 0.1) is 0 Å². The lowest BCUT2D eigenvalue weighted by Crippen LogP contribution is -2.57. The van der Waals surface area contributed by atoms with Crippen LogP contribution in [-0.2, 0) is 23.7 Å². The Labute approximate surface area is 170 Å². The second-order valence-electron chi connectivity index (χ2n) is 8.30. The van der Waals surface area contributed by atoms with Crippen LogP contribution < -0.4 is 5.73 Å². The Hall–Kier alpha value is -0.730. The minimum atomic E-state index is -0.962. The van der Waals surface area contributed by atoms with Gasteiger partial charge in [-0.2, -0.15) is 0 Å². The largest absolute Gasteiger partial charge is 0.456 e. The van der Waals surface area contributed by atoms with E-state index in [2.05, 4.69) is 6.92 Å². The summed E-state index contributed by atoms with van der Waals surface area (Å²) >= 11 is 0. The zero-order valence-electron chi connectivity index (χ0n) is 18.2. The first kappa shape index (κ1) is 25.3. The van der Waals surface area contributed by atoms with Crippen LogP contribution in [0.5, 0.6) is 0 Å². The Morgan fingerprint density at radius 1 is 1.14 bits per heavy atom.